The molecule has 1 amide bonds. The van der Waals surface area contributed by atoms with E-state index < -0.39 is 29.8 Å². The fourth-order valence-electron chi connectivity index (χ4n) is 1.91. The van der Waals surface area contributed by atoms with E-state index in [-0.39, 0.29) is 17.5 Å². The first kappa shape index (κ1) is 18.2. The topological polar surface area (TPSA) is 105 Å². The molecule has 0 fully saturated rings. The van der Waals surface area contributed by atoms with E-state index in [0.717, 1.165) is 0 Å². The van der Waals surface area contributed by atoms with E-state index in [0.29, 0.717) is 0 Å². The molecule has 0 aliphatic heterocycles. The smallest absolute Gasteiger partial charge is 0.337 e. The molecule has 0 saturated heterocycles. The molecule has 23 heavy (non-hydrogen) atoms. The molecule has 0 aromatic heterocycles. The van der Waals surface area contributed by atoms with Crippen molar-refractivity contribution in [1.29, 1.82) is 5.26 Å². The minimum atomic E-state index is -0.941. The van der Waals surface area contributed by atoms with Gasteiger partial charge in [-0.1, -0.05) is 6.07 Å². The molecule has 2 atom stereocenters. The number of amides is 1. The summed E-state index contributed by atoms with van der Waals surface area (Å²) in [6.45, 7) is 1.64. The van der Waals surface area contributed by atoms with Gasteiger partial charge >= 0.3 is 11.9 Å². The maximum absolute atomic E-state index is 12.3. The van der Waals surface area contributed by atoms with Gasteiger partial charge in [-0.25, -0.2) is 9.59 Å². The Labute approximate surface area is 134 Å². The lowest BCUT2D eigenvalue weighted by Gasteiger charge is -2.17. The molecule has 1 rings (SSSR count). The number of rotatable bonds is 6. The summed E-state index contributed by atoms with van der Waals surface area (Å²) < 4.78 is 9.23. The van der Waals surface area contributed by atoms with Crippen LogP contribution in [0.1, 0.15) is 34.1 Å². The number of ether oxygens (including phenoxy) is 2. The SMILES string of the molecule is COC(=O)c1cccc(C(=O)N[C@H](C[C@@H](C)C#N)C(=O)OC)c1. The number of nitriles is 1. The Morgan fingerprint density at radius 3 is 2.43 bits per heavy atom. The minimum absolute atomic E-state index is 0.131. The lowest BCUT2D eigenvalue weighted by Crippen LogP contribution is -2.42. The van der Waals surface area contributed by atoms with E-state index >= 15 is 0 Å². The van der Waals surface area contributed by atoms with Crippen LogP contribution in [-0.2, 0) is 14.3 Å². The van der Waals surface area contributed by atoms with Crippen LogP contribution in [-0.4, -0.2) is 38.1 Å². The van der Waals surface area contributed by atoms with Crippen molar-refractivity contribution < 1.29 is 23.9 Å². The van der Waals surface area contributed by atoms with Crippen molar-refractivity contribution in [2.75, 3.05) is 14.2 Å². The Hall–Kier alpha value is -2.88. The third-order valence-corrected chi connectivity index (χ3v) is 3.15. The molecule has 7 heteroatoms. The van der Waals surface area contributed by atoms with E-state index in [1.165, 1.54) is 38.5 Å². The predicted octanol–water partition coefficient (Wildman–Crippen LogP) is 1.29. The second-order valence-electron chi connectivity index (χ2n) is 4.89. The van der Waals surface area contributed by atoms with Gasteiger partial charge in [0.25, 0.3) is 5.91 Å². The van der Waals surface area contributed by atoms with Crippen LogP contribution in [0.15, 0.2) is 24.3 Å². The molecule has 0 spiro atoms. The van der Waals surface area contributed by atoms with E-state index in [2.05, 4.69) is 14.8 Å². The number of nitrogens with zero attached hydrogens (tertiary/aromatic N) is 1. The van der Waals surface area contributed by atoms with E-state index in [9.17, 15) is 14.4 Å². The molecule has 122 valence electrons. The maximum atomic E-state index is 12.3. The lowest BCUT2D eigenvalue weighted by molar-refractivity contribution is -0.143. The zero-order valence-electron chi connectivity index (χ0n) is 13.2. The quantitative estimate of drug-likeness (QED) is 0.792. The minimum Gasteiger partial charge on any atom is -0.467 e. The summed E-state index contributed by atoms with van der Waals surface area (Å²) in [5.41, 5.74) is 0.423. The Kier molecular flexibility index (Phi) is 6.74. The van der Waals surface area contributed by atoms with Gasteiger partial charge in [0.2, 0.25) is 0 Å². The van der Waals surface area contributed by atoms with Crippen LogP contribution >= 0.6 is 0 Å². The van der Waals surface area contributed by atoms with Gasteiger partial charge < -0.3 is 14.8 Å². The van der Waals surface area contributed by atoms with Crippen LogP contribution < -0.4 is 5.32 Å². The number of benzene rings is 1. The Morgan fingerprint density at radius 2 is 1.87 bits per heavy atom. The summed E-state index contributed by atoms with van der Waals surface area (Å²) in [4.78, 5) is 35.5. The van der Waals surface area contributed by atoms with E-state index in [4.69, 9.17) is 5.26 Å². The average molecular weight is 318 g/mol. The molecule has 1 aromatic carbocycles. The van der Waals surface area contributed by atoms with Crippen molar-refractivity contribution in [3.63, 3.8) is 0 Å². The van der Waals surface area contributed by atoms with Crippen molar-refractivity contribution in [2.24, 2.45) is 5.92 Å². The Balaban J connectivity index is 2.92. The number of carbonyl (C=O) groups is 3. The normalized spacial score (nSPS) is 12.4. The number of carbonyl (C=O) groups excluding carboxylic acids is 3. The highest BCUT2D eigenvalue weighted by Gasteiger charge is 2.24. The maximum Gasteiger partial charge on any atom is 0.337 e. The molecule has 0 heterocycles. The summed E-state index contributed by atoms with van der Waals surface area (Å²) in [6.07, 6.45) is 0.131. The fraction of sp³-hybridized carbons (Fsp3) is 0.375. The molecule has 7 nitrogen and oxygen atoms in total. The highest BCUT2D eigenvalue weighted by molar-refractivity contribution is 5.99. The summed E-state index contributed by atoms with van der Waals surface area (Å²) >= 11 is 0. The Bertz CT molecular complexity index is 636. The highest BCUT2D eigenvalue weighted by Crippen LogP contribution is 2.10. The van der Waals surface area contributed by atoms with Gasteiger partial charge in [-0.05, 0) is 31.5 Å². The van der Waals surface area contributed by atoms with Crippen molar-refractivity contribution in [3.8, 4) is 6.07 Å². The fourth-order valence-corrected chi connectivity index (χ4v) is 1.91. The zero-order chi connectivity index (χ0) is 17.4. The largest absolute Gasteiger partial charge is 0.467 e. The molecule has 0 aliphatic rings. The van der Waals surface area contributed by atoms with Gasteiger partial charge in [-0.3, -0.25) is 4.79 Å². The third-order valence-electron chi connectivity index (χ3n) is 3.15. The predicted molar refractivity (Wildman–Crippen MR) is 80.4 cm³/mol. The Morgan fingerprint density at radius 1 is 1.22 bits per heavy atom. The number of hydrogen-bond acceptors (Lipinski definition) is 6. The average Bonchev–Trinajstić information content (AvgIpc) is 2.59. The van der Waals surface area contributed by atoms with Crippen LogP contribution in [0.5, 0.6) is 0 Å². The second kappa shape index (κ2) is 8.54. The first-order valence-corrected chi connectivity index (χ1v) is 6.89. The van der Waals surface area contributed by atoms with Gasteiger partial charge in [-0.15, -0.1) is 0 Å². The van der Waals surface area contributed by atoms with E-state index in [1.54, 1.807) is 6.92 Å². The summed E-state index contributed by atoms with van der Waals surface area (Å²) in [6, 6.07) is 6.97. The van der Waals surface area contributed by atoms with Crippen LogP contribution in [0.4, 0.5) is 0 Å². The van der Waals surface area contributed by atoms with Crippen LogP contribution in [0.25, 0.3) is 0 Å². The molecule has 0 saturated carbocycles. The van der Waals surface area contributed by atoms with Gasteiger partial charge in [0.05, 0.1) is 25.9 Å². The van der Waals surface area contributed by atoms with Crippen LogP contribution in [0.2, 0.25) is 0 Å². The first-order valence-electron chi connectivity index (χ1n) is 6.89. The van der Waals surface area contributed by atoms with Gasteiger partial charge in [-0.2, -0.15) is 5.26 Å². The summed E-state index contributed by atoms with van der Waals surface area (Å²) in [5, 5.41) is 11.4. The third kappa shape index (κ3) is 5.11. The molecule has 0 unspecified atom stereocenters. The van der Waals surface area contributed by atoms with Crippen LogP contribution in [0, 0.1) is 17.2 Å². The molecular formula is C16H18N2O5. The zero-order valence-corrected chi connectivity index (χ0v) is 13.2. The molecule has 1 N–H and O–H groups in total. The van der Waals surface area contributed by atoms with Gasteiger partial charge in [0.1, 0.15) is 6.04 Å². The molecule has 0 bridgehead atoms. The lowest BCUT2D eigenvalue weighted by atomic mass is 10.0. The highest BCUT2D eigenvalue weighted by atomic mass is 16.5. The summed E-state index contributed by atoms with van der Waals surface area (Å²) in [5.74, 6) is -2.18. The molecule has 1 aromatic rings. The molecule has 0 aliphatic carbocycles. The van der Waals surface area contributed by atoms with Crippen molar-refractivity contribution >= 4 is 17.8 Å². The first-order chi connectivity index (χ1) is 10.9. The second-order valence-corrected chi connectivity index (χ2v) is 4.89. The molecule has 0 radical (unpaired) electrons. The molecular weight excluding hydrogens is 300 g/mol. The van der Waals surface area contributed by atoms with Crippen molar-refractivity contribution in [3.05, 3.63) is 35.4 Å². The van der Waals surface area contributed by atoms with Crippen molar-refractivity contribution in [1.82, 2.24) is 5.32 Å². The number of esters is 2. The number of hydrogen-bond donors (Lipinski definition) is 1. The van der Waals surface area contributed by atoms with Gasteiger partial charge in [0.15, 0.2) is 0 Å². The standard InChI is InChI=1S/C16H18N2O5/c1-10(9-17)7-13(16(21)23-3)18-14(19)11-5-4-6-12(8-11)15(20)22-2/h4-6,8,10,13H,7H2,1-3H3,(H,18,19)/t10-,13-/m1/s1. The summed E-state index contributed by atoms with van der Waals surface area (Å²) in [7, 11) is 2.45. The number of methoxy groups -OCH3 is 2. The van der Waals surface area contributed by atoms with E-state index in [1.807, 2.05) is 6.07 Å². The van der Waals surface area contributed by atoms with Gasteiger partial charge in [0, 0.05) is 11.5 Å². The number of nitrogens with one attached hydrogen (secondary N) is 1. The van der Waals surface area contributed by atoms with Crippen molar-refractivity contribution in [2.45, 2.75) is 19.4 Å². The monoisotopic (exact) mass is 318 g/mol. The van der Waals surface area contributed by atoms with Crippen LogP contribution in [0.3, 0.4) is 0 Å².